The lowest BCUT2D eigenvalue weighted by Gasteiger charge is -2.26. The van der Waals surface area contributed by atoms with E-state index in [4.69, 9.17) is 4.74 Å². The molecule has 0 aliphatic carbocycles. The van der Waals surface area contributed by atoms with Crippen molar-refractivity contribution in [3.63, 3.8) is 0 Å². The summed E-state index contributed by atoms with van der Waals surface area (Å²) < 4.78 is 32.6. The van der Waals surface area contributed by atoms with Crippen molar-refractivity contribution < 1.29 is 13.5 Å². The average molecular weight is 243 g/mol. The van der Waals surface area contributed by atoms with Crippen LogP contribution in [0.4, 0.5) is 8.78 Å². The zero-order chi connectivity index (χ0) is 13.1. The minimum atomic E-state index is -0.553. The summed E-state index contributed by atoms with van der Waals surface area (Å²) in [5.74, 6) is -0.904. The Kier molecular flexibility index (Phi) is 4.46. The molecular weight excluding hydrogens is 224 g/mol. The molecule has 0 aromatic heterocycles. The quantitative estimate of drug-likeness (QED) is 0.858. The maximum absolute atomic E-state index is 13.9. The SMILES string of the molecule is CNCCC(C)(C)c1c(F)cc(OC)cc1F. The van der Waals surface area contributed by atoms with Crippen molar-refractivity contribution in [2.45, 2.75) is 25.7 Å². The van der Waals surface area contributed by atoms with Crippen LogP contribution in [-0.4, -0.2) is 20.7 Å². The van der Waals surface area contributed by atoms with Crippen LogP contribution >= 0.6 is 0 Å². The Hall–Kier alpha value is -1.16. The highest BCUT2D eigenvalue weighted by Gasteiger charge is 2.28. The largest absolute Gasteiger partial charge is 0.497 e. The second-order valence-electron chi connectivity index (χ2n) is 4.70. The number of ether oxygens (including phenoxy) is 1. The van der Waals surface area contributed by atoms with Crippen molar-refractivity contribution in [1.82, 2.24) is 5.32 Å². The van der Waals surface area contributed by atoms with E-state index in [9.17, 15) is 8.78 Å². The fourth-order valence-electron chi connectivity index (χ4n) is 1.88. The van der Waals surface area contributed by atoms with Gasteiger partial charge in [0.25, 0.3) is 0 Å². The van der Waals surface area contributed by atoms with Gasteiger partial charge in [-0.15, -0.1) is 0 Å². The Labute approximate surface area is 101 Å². The molecule has 0 radical (unpaired) electrons. The number of methoxy groups -OCH3 is 1. The first kappa shape index (κ1) is 13.9. The number of rotatable bonds is 5. The highest BCUT2D eigenvalue weighted by atomic mass is 19.1. The van der Waals surface area contributed by atoms with Crippen molar-refractivity contribution in [2.75, 3.05) is 20.7 Å². The highest BCUT2D eigenvalue weighted by molar-refractivity contribution is 5.34. The van der Waals surface area contributed by atoms with E-state index in [1.807, 2.05) is 20.9 Å². The van der Waals surface area contributed by atoms with Crippen LogP contribution in [0.15, 0.2) is 12.1 Å². The number of halogens is 2. The Morgan fingerprint density at radius 1 is 1.24 bits per heavy atom. The Balaban J connectivity index is 3.12. The zero-order valence-corrected chi connectivity index (χ0v) is 10.7. The molecule has 0 atom stereocenters. The van der Waals surface area contributed by atoms with Crippen LogP contribution in [0.2, 0.25) is 0 Å². The molecule has 0 bridgehead atoms. The molecular formula is C13H19F2NO. The molecule has 1 rings (SSSR count). The van der Waals surface area contributed by atoms with Gasteiger partial charge >= 0.3 is 0 Å². The lowest BCUT2D eigenvalue weighted by Crippen LogP contribution is -2.26. The molecule has 96 valence electrons. The number of hydrogen-bond acceptors (Lipinski definition) is 2. The summed E-state index contributed by atoms with van der Waals surface area (Å²) in [6.45, 7) is 4.37. The van der Waals surface area contributed by atoms with Gasteiger partial charge in [0.05, 0.1) is 7.11 Å². The van der Waals surface area contributed by atoms with Gasteiger partial charge in [0, 0.05) is 17.7 Å². The number of hydrogen-bond donors (Lipinski definition) is 1. The molecule has 0 saturated carbocycles. The summed E-state index contributed by atoms with van der Waals surface area (Å²) in [5.41, 5.74) is -0.433. The van der Waals surface area contributed by atoms with E-state index in [1.165, 1.54) is 19.2 Å². The molecule has 0 saturated heterocycles. The van der Waals surface area contributed by atoms with E-state index in [2.05, 4.69) is 5.32 Å². The average Bonchev–Trinajstić information content (AvgIpc) is 2.25. The van der Waals surface area contributed by atoms with Gasteiger partial charge in [0.15, 0.2) is 0 Å². The first-order chi connectivity index (χ1) is 7.92. The van der Waals surface area contributed by atoms with Crippen LogP contribution in [0.5, 0.6) is 5.75 Å². The van der Waals surface area contributed by atoms with Gasteiger partial charge in [0.1, 0.15) is 17.4 Å². The summed E-state index contributed by atoms with van der Waals surface area (Å²) in [7, 11) is 3.21. The molecule has 4 heteroatoms. The minimum Gasteiger partial charge on any atom is -0.497 e. The zero-order valence-electron chi connectivity index (χ0n) is 10.7. The van der Waals surface area contributed by atoms with Gasteiger partial charge in [-0.2, -0.15) is 0 Å². The number of benzene rings is 1. The van der Waals surface area contributed by atoms with Gasteiger partial charge in [-0.1, -0.05) is 13.8 Å². The second kappa shape index (κ2) is 5.45. The monoisotopic (exact) mass is 243 g/mol. The van der Waals surface area contributed by atoms with Crippen LogP contribution < -0.4 is 10.1 Å². The third-order valence-corrected chi connectivity index (χ3v) is 2.93. The smallest absolute Gasteiger partial charge is 0.133 e. The lowest BCUT2D eigenvalue weighted by molar-refractivity contribution is 0.388. The van der Waals surface area contributed by atoms with E-state index in [0.717, 1.165) is 0 Å². The maximum Gasteiger partial charge on any atom is 0.133 e. The molecule has 17 heavy (non-hydrogen) atoms. The molecule has 2 nitrogen and oxygen atoms in total. The van der Waals surface area contributed by atoms with E-state index < -0.39 is 17.0 Å². The summed E-state index contributed by atoms with van der Waals surface area (Å²) in [6, 6.07) is 2.44. The normalized spacial score (nSPS) is 11.6. The molecule has 1 aromatic rings. The molecule has 0 aliphatic heterocycles. The van der Waals surface area contributed by atoms with E-state index in [1.54, 1.807) is 0 Å². The van der Waals surface area contributed by atoms with Crippen molar-refractivity contribution in [1.29, 1.82) is 0 Å². The van der Waals surface area contributed by atoms with Gasteiger partial charge in [0.2, 0.25) is 0 Å². The van der Waals surface area contributed by atoms with Gasteiger partial charge in [-0.3, -0.25) is 0 Å². The Morgan fingerprint density at radius 2 is 1.76 bits per heavy atom. The van der Waals surface area contributed by atoms with Gasteiger partial charge in [-0.25, -0.2) is 8.78 Å². The summed E-state index contributed by atoms with van der Waals surface area (Å²) in [5, 5.41) is 2.99. The summed E-state index contributed by atoms with van der Waals surface area (Å²) in [4.78, 5) is 0. The maximum atomic E-state index is 13.9. The first-order valence-electron chi connectivity index (χ1n) is 5.60. The molecule has 0 unspecified atom stereocenters. The fraction of sp³-hybridized carbons (Fsp3) is 0.538. The number of nitrogens with one attached hydrogen (secondary N) is 1. The van der Waals surface area contributed by atoms with Crippen LogP contribution in [-0.2, 0) is 5.41 Å². The van der Waals surface area contributed by atoms with Gasteiger partial charge in [-0.05, 0) is 25.4 Å². The topological polar surface area (TPSA) is 21.3 Å². The van der Waals surface area contributed by atoms with Crippen LogP contribution in [0, 0.1) is 11.6 Å². The van der Waals surface area contributed by atoms with Crippen molar-refractivity contribution >= 4 is 0 Å². The lowest BCUT2D eigenvalue weighted by atomic mass is 9.81. The molecule has 0 amide bonds. The third kappa shape index (κ3) is 3.16. The second-order valence-corrected chi connectivity index (χ2v) is 4.70. The van der Waals surface area contributed by atoms with Crippen LogP contribution in [0.3, 0.4) is 0 Å². The van der Waals surface area contributed by atoms with E-state index >= 15 is 0 Å². The predicted molar refractivity (Wildman–Crippen MR) is 64.5 cm³/mol. The Morgan fingerprint density at radius 3 is 2.18 bits per heavy atom. The molecule has 0 aliphatic rings. The molecule has 0 fully saturated rings. The molecule has 1 N–H and O–H groups in total. The Bertz CT molecular complexity index is 368. The van der Waals surface area contributed by atoms with Crippen molar-refractivity contribution in [3.8, 4) is 5.75 Å². The third-order valence-electron chi connectivity index (χ3n) is 2.93. The standard InChI is InChI=1S/C13H19F2NO/c1-13(2,5-6-16-3)12-10(14)7-9(17-4)8-11(12)15/h7-8,16H,5-6H2,1-4H3. The summed E-state index contributed by atoms with van der Waals surface area (Å²) >= 11 is 0. The summed E-state index contributed by atoms with van der Waals surface area (Å²) in [6.07, 6.45) is 0.656. The minimum absolute atomic E-state index is 0.119. The van der Waals surface area contributed by atoms with Crippen LogP contribution in [0.25, 0.3) is 0 Å². The van der Waals surface area contributed by atoms with E-state index in [-0.39, 0.29) is 11.3 Å². The van der Waals surface area contributed by atoms with Gasteiger partial charge < -0.3 is 10.1 Å². The van der Waals surface area contributed by atoms with E-state index in [0.29, 0.717) is 13.0 Å². The molecule has 1 aromatic carbocycles. The molecule has 0 heterocycles. The van der Waals surface area contributed by atoms with Crippen LogP contribution in [0.1, 0.15) is 25.8 Å². The predicted octanol–water partition coefficient (Wildman–Crippen LogP) is 2.86. The fourth-order valence-corrected chi connectivity index (χ4v) is 1.88. The highest BCUT2D eigenvalue weighted by Crippen LogP contribution is 2.33. The van der Waals surface area contributed by atoms with Crippen molar-refractivity contribution in [3.05, 3.63) is 29.3 Å². The van der Waals surface area contributed by atoms with Crippen molar-refractivity contribution in [2.24, 2.45) is 0 Å². The first-order valence-corrected chi connectivity index (χ1v) is 5.60. The molecule has 0 spiro atoms.